The summed E-state index contributed by atoms with van der Waals surface area (Å²) in [6.45, 7) is 6.31. The van der Waals surface area contributed by atoms with Crippen LogP contribution in [-0.2, 0) is 9.53 Å². The third-order valence-electron chi connectivity index (χ3n) is 2.96. The number of nitrogens with one attached hydrogen (secondary N) is 1. The smallest absolute Gasteiger partial charge is 0.326 e. The van der Waals surface area contributed by atoms with E-state index in [4.69, 9.17) is 9.84 Å². The van der Waals surface area contributed by atoms with Crippen LogP contribution in [0.2, 0.25) is 0 Å². The van der Waals surface area contributed by atoms with E-state index in [1.54, 1.807) is 0 Å². The highest BCUT2D eigenvalue weighted by atomic mass is 32.1. The lowest BCUT2D eigenvalue weighted by atomic mass is 10.1. The number of carboxylic acid groups (broad SMARTS) is 1. The van der Waals surface area contributed by atoms with Gasteiger partial charge in [0.15, 0.2) is 0 Å². The average molecular weight is 314 g/mol. The summed E-state index contributed by atoms with van der Waals surface area (Å²) >= 11 is 1.23. The van der Waals surface area contributed by atoms with Gasteiger partial charge in [0.05, 0.1) is 6.20 Å². The number of carbonyl (C=O) groups is 2. The second kappa shape index (κ2) is 8.74. The molecule has 0 aromatic carbocycles. The number of carbonyl (C=O) groups excluding carboxylic acids is 1. The molecule has 0 aliphatic rings. The summed E-state index contributed by atoms with van der Waals surface area (Å²) in [4.78, 5) is 27.8. The van der Waals surface area contributed by atoms with Gasteiger partial charge in [-0.15, -0.1) is 11.3 Å². The number of rotatable bonds is 9. The number of aromatic nitrogens is 1. The number of hydrogen-bond acceptors (Lipinski definition) is 5. The van der Waals surface area contributed by atoms with Crippen LogP contribution in [0.25, 0.3) is 0 Å². The summed E-state index contributed by atoms with van der Waals surface area (Å²) in [6.07, 6.45) is 3.36. The average Bonchev–Trinajstić information content (AvgIpc) is 2.93. The van der Waals surface area contributed by atoms with E-state index in [1.165, 1.54) is 17.5 Å². The standard InChI is InChI=1S/C14H22N2O4S/c1-4-6-7-10(14(18)19)16-12(17)11-8-15-13(21-11)9(3)20-5-2/h8-10H,4-7H2,1-3H3,(H,16,17)(H,18,19). The quantitative estimate of drug-likeness (QED) is 0.731. The normalized spacial score (nSPS) is 13.7. The van der Waals surface area contributed by atoms with Crippen LogP contribution < -0.4 is 5.32 Å². The molecule has 0 fully saturated rings. The fraction of sp³-hybridized carbons (Fsp3) is 0.643. The predicted molar refractivity (Wildman–Crippen MR) is 80.6 cm³/mol. The maximum absolute atomic E-state index is 12.1. The van der Waals surface area contributed by atoms with Gasteiger partial charge < -0.3 is 15.2 Å². The molecule has 6 nitrogen and oxygen atoms in total. The molecular formula is C14H22N2O4S. The third kappa shape index (κ3) is 5.43. The highest BCUT2D eigenvalue weighted by Crippen LogP contribution is 2.22. The van der Waals surface area contributed by atoms with Gasteiger partial charge in [-0.1, -0.05) is 19.8 Å². The first-order valence-corrected chi connectivity index (χ1v) is 7.92. The number of carboxylic acids is 1. The van der Waals surface area contributed by atoms with Gasteiger partial charge >= 0.3 is 5.97 Å². The first kappa shape index (κ1) is 17.6. The highest BCUT2D eigenvalue weighted by Gasteiger charge is 2.22. The van der Waals surface area contributed by atoms with Gasteiger partial charge in [0.1, 0.15) is 22.0 Å². The zero-order chi connectivity index (χ0) is 15.8. The van der Waals surface area contributed by atoms with E-state index in [0.29, 0.717) is 22.9 Å². The zero-order valence-electron chi connectivity index (χ0n) is 12.6. The van der Waals surface area contributed by atoms with Crippen molar-refractivity contribution in [3.05, 3.63) is 16.1 Å². The number of amides is 1. The van der Waals surface area contributed by atoms with E-state index in [9.17, 15) is 9.59 Å². The number of unbranched alkanes of at least 4 members (excludes halogenated alkanes) is 1. The Morgan fingerprint density at radius 1 is 1.48 bits per heavy atom. The Balaban J connectivity index is 2.67. The van der Waals surface area contributed by atoms with E-state index in [-0.39, 0.29) is 6.10 Å². The molecule has 0 aliphatic heterocycles. The van der Waals surface area contributed by atoms with Crippen molar-refractivity contribution in [2.24, 2.45) is 0 Å². The molecule has 1 amide bonds. The Hall–Kier alpha value is -1.47. The molecule has 2 atom stereocenters. The van der Waals surface area contributed by atoms with E-state index in [1.807, 2.05) is 20.8 Å². The fourth-order valence-corrected chi connectivity index (χ4v) is 2.62. The molecule has 1 aromatic heterocycles. The first-order valence-electron chi connectivity index (χ1n) is 7.10. The lowest BCUT2D eigenvalue weighted by molar-refractivity contribution is -0.139. The van der Waals surface area contributed by atoms with E-state index in [2.05, 4.69) is 10.3 Å². The summed E-state index contributed by atoms with van der Waals surface area (Å²) in [5.41, 5.74) is 0. The molecule has 1 rings (SSSR count). The van der Waals surface area contributed by atoms with Crippen molar-refractivity contribution >= 4 is 23.2 Å². The molecule has 118 valence electrons. The molecule has 0 spiro atoms. The topological polar surface area (TPSA) is 88.5 Å². The van der Waals surface area contributed by atoms with Crippen molar-refractivity contribution < 1.29 is 19.4 Å². The zero-order valence-corrected chi connectivity index (χ0v) is 13.4. The number of thiazole rings is 1. The van der Waals surface area contributed by atoms with E-state index >= 15 is 0 Å². The molecule has 7 heteroatoms. The Labute approximate surface area is 128 Å². The maximum Gasteiger partial charge on any atom is 0.326 e. The second-order valence-electron chi connectivity index (χ2n) is 4.67. The first-order chi connectivity index (χ1) is 9.99. The molecule has 0 radical (unpaired) electrons. The van der Waals surface area contributed by atoms with Gasteiger partial charge in [0.2, 0.25) is 0 Å². The van der Waals surface area contributed by atoms with Crippen molar-refractivity contribution in [2.75, 3.05) is 6.61 Å². The van der Waals surface area contributed by atoms with Crippen molar-refractivity contribution in [2.45, 2.75) is 52.2 Å². The predicted octanol–water partition coefficient (Wildman–Crippen LogP) is 2.61. The van der Waals surface area contributed by atoms with Crippen LogP contribution in [-0.4, -0.2) is 34.6 Å². The van der Waals surface area contributed by atoms with Crippen LogP contribution in [0.1, 0.15) is 60.8 Å². The minimum atomic E-state index is -1.01. The monoisotopic (exact) mass is 314 g/mol. The molecule has 2 unspecified atom stereocenters. The SMILES string of the molecule is CCCCC(NC(=O)c1cnc(C(C)OCC)s1)C(=O)O. The van der Waals surface area contributed by atoms with Crippen molar-refractivity contribution in [3.8, 4) is 0 Å². The summed E-state index contributed by atoms with van der Waals surface area (Å²) in [6, 6.07) is -0.854. The van der Waals surface area contributed by atoms with Crippen LogP contribution in [0.3, 0.4) is 0 Å². The Bertz CT molecular complexity index is 475. The third-order valence-corrected chi connectivity index (χ3v) is 4.12. The van der Waals surface area contributed by atoms with Crippen molar-refractivity contribution in [3.63, 3.8) is 0 Å². The lowest BCUT2D eigenvalue weighted by Gasteiger charge is -2.13. The summed E-state index contributed by atoms with van der Waals surface area (Å²) in [7, 11) is 0. The molecule has 21 heavy (non-hydrogen) atoms. The minimum Gasteiger partial charge on any atom is -0.480 e. The van der Waals surface area contributed by atoms with Gasteiger partial charge in [-0.2, -0.15) is 0 Å². The van der Waals surface area contributed by atoms with Crippen molar-refractivity contribution in [1.82, 2.24) is 10.3 Å². The van der Waals surface area contributed by atoms with Crippen LogP contribution >= 0.6 is 11.3 Å². The molecule has 0 bridgehead atoms. The number of aliphatic carboxylic acids is 1. The van der Waals surface area contributed by atoms with Gasteiger partial charge in [-0.3, -0.25) is 4.79 Å². The largest absolute Gasteiger partial charge is 0.480 e. The van der Waals surface area contributed by atoms with Crippen LogP contribution in [0.15, 0.2) is 6.20 Å². The number of hydrogen-bond donors (Lipinski definition) is 2. The van der Waals surface area contributed by atoms with E-state index in [0.717, 1.165) is 12.8 Å². The number of ether oxygens (including phenoxy) is 1. The molecular weight excluding hydrogens is 292 g/mol. The molecule has 1 aromatic rings. The Morgan fingerprint density at radius 2 is 2.19 bits per heavy atom. The van der Waals surface area contributed by atoms with Crippen molar-refractivity contribution in [1.29, 1.82) is 0 Å². The molecule has 0 saturated heterocycles. The van der Waals surface area contributed by atoms with E-state index < -0.39 is 17.9 Å². The Morgan fingerprint density at radius 3 is 2.76 bits per heavy atom. The van der Waals surface area contributed by atoms with Gasteiger partial charge in [-0.05, 0) is 20.3 Å². The highest BCUT2D eigenvalue weighted by molar-refractivity contribution is 7.13. The molecule has 0 saturated carbocycles. The summed E-state index contributed by atoms with van der Waals surface area (Å²) in [5.74, 6) is -1.41. The van der Waals surface area contributed by atoms with Gasteiger partial charge in [0, 0.05) is 6.61 Å². The molecule has 2 N–H and O–H groups in total. The van der Waals surface area contributed by atoms with Crippen LogP contribution in [0.4, 0.5) is 0 Å². The Kier molecular flexibility index (Phi) is 7.31. The fourth-order valence-electron chi connectivity index (χ4n) is 1.80. The number of nitrogens with zero attached hydrogens (tertiary/aromatic N) is 1. The lowest BCUT2D eigenvalue weighted by Crippen LogP contribution is -2.40. The molecule has 1 heterocycles. The molecule has 0 aliphatic carbocycles. The maximum atomic E-state index is 12.1. The van der Waals surface area contributed by atoms with Crippen LogP contribution in [0.5, 0.6) is 0 Å². The van der Waals surface area contributed by atoms with Crippen LogP contribution in [0, 0.1) is 0 Å². The van der Waals surface area contributed by atoms with Gasteiger partial charge in [0.25, 0.3) is 5.91 Å². The second-order valence-corrected chi connectivity index (χ2v) is 5.73. The summed E-state index contributed by atoms with van der Waals surface area (Å²) in [5, 5.41) is 12.4. The summed E-state index contributed by atoms with van der Waals surface area (Å²) < 4.78 is 5.42. The minimum absolute atomic E-state index is 0.170. The van der Waals surface area contributed by atoms with Gasteiger partial charge in [-0.25, -0.2) is 9.78 Å².